The summed E-state index contributed by atoms with van der Waals surface area (Å²) in [6.07, 6.45) is 2.33. The first-order chi connectivity index (χ1) is 6.79. The van der Waals surface area contributed by atoms with Crippen molar-refractivity contribution in [1.82, 2.24) is 9.97 Å². The van der Waals surface area contributed by atoms with Gasteiger partial charge in [-0.3, -0.25) is 0 Å². The smallest absolute Gasteiger partial charge is 0.125 e. The summed E-state index contributed by atoms with van der Waals surface area (Å²) in [4.78, 5) is 8.60. The summed E-state index contributed by atoms with van der Waals surface area (Å²) < 4.78 is 5.56. The molecular formula is C10H15N3O. The Hall–Kier alpha value is -1.00. The first kappa shape index (κ1) is 9.55. The van der Waals surface area contributed by atoms with Gasteiger partial charge in [0.1, 0.15) is 5.82 Å². The number of aryl methyl sites for hydroxylation is 1. The molecule has 0 spiro atoms. The van der Waals surface area contributed by atoms with Gasteiger partial charge in [-0.25, -0.2) is 9.97 Å². The van der Waals surface area contributed by atoms with Crippen LogP contribution in [-0.2, 0) is 11.3 Å². The van der Waals surface area contributed by atoms with Crippen molar-refractivity contribution < 1.29 is 4.74 Å². The fourth-order valence-electron chi connectivity index (χ4n) is 1.74. The summed E-state index contributed by atoms with van der Waals surface area (Å²) in [5, 5.41) is 0. The second-order valence-electron chi connectivity index (χ2n) is 3.54. The summed E-state index contributed by atoms with van der Waals surface area (Å²) in [5.41, 5.74) is 7.43. The molecule has 0 amide bonds. The van der Waals surface area contributed by atoms with Crippen molar-refractivity contribution in [2.45, 2.75) is 32.4 Å². The Morgan fingerprint density at radius 3 is 3.07 bits per heavy atom. The zero-order chi connectivity index (χ0) is 9.97. The van der Waals surface area contributed by atoms with Crippen molar-refractivity contribution in [2.24, 2.45) is 5.73 Å². The molecule has 0 bridgehead atoms. The van der Waals surface area contributed by atoms with Crippen molar-refractivity contribution in [3.63, 3.8) is 0 Å². The molecule has 0 unspecified atom stereocenters. The largest absolute Gasteiger partial charge is 0.372 e. The van der Waals surface area contributed by atoms with Gasteiger partial charge in [0.05, 0.1) is 17.5 Å². The van der Waals surface area contributed by atoms with Crippen molar-refractivity contribution in [2.75, 3.05) is 6.61 Å². The van der Waals surface area contributed by atoms with E-state index in [1.807, 2.05) is 13.0 Å². The Labute approximate surface area is 83.5 Å². The van der Waals surface area contributed by atoms with Gasteiger partial charge < -0.3 is 10.5 Å². The van der Waals surface area contributed by atoms with Crippen molar-refractivity contribution >= 4 is 0 Å². The molecule has 76 valence electrons. The van der Waals surface area contributed by atoms with Crippen molar-refractivity contribution in [3.8, 4) is 0 Å². The normalized spacial score (nSPS) is 21.4. The average molecular weight is 193 g/mol. The molecule has 2 heterocycles. The minimum atomic E-state index is 0.155. The van der Waals surface area contributed by atoms with Crippen LogP contribution in [-0.4, -0.2) is 16.6 Å². The van der Waals surface area contributed by atoms with E-state index in [2.05, 4.69) is 9.97 Å². The Bertz CT molecular complexity index is 321. The van der Waals surface area contributed by atoms with Gasteiger partial charge in [0, 0.05) is 13.2 Å². The molecule has 1 aromatic rings. The van der Waals surface area contributed by atoms with Gasteiger partial charge in [0.2, 0.25) is 0 Å². The Morgan fingerprint density at radius 1 is 1.57 bits per heavy atom. The van der Waals surface area contributed by atoms with E-state index in [-0.39, 0.29) is 6.10 Å². The highest BCUT2D eigenvalue weighted by Gasteiger charge is 2.19. The van der Waals surface area contributed by atoms with E-state index < -0.39 is 0 Å². The van der Waals surface area contributed by atoms with Crippen LogP contribution in [0.3, 0.4) is 0 Å². The summed E-state index contributed by atoms with van der Waals surface area (Å²) in [5.74, 6) is 0.776. The van der Waals surface area contributed by atoms with Crippen LogP contribution in [0.25, 0.3) is 0 Å². The number of ether oxygens (including phenoxy) is 1. The topological polar surface area (TPSA) is 61.0 Å². The van der Waals surface area contributed by atoms with E-state index in [0.717, 1.165) is 36.7 Å². The Balaban J connectivity index is 2.27. The van der Waals surface area contributed by atoms with E-state index in [0.29, 0.717) is 6.54 Å². The lowest BCUT2D eigenvalue weighted by molar-refractivity contribution is 0.108. The van der Waals surface area contributed by atoms with Crippen molar-refractivity contribution in [1.29, 1.82) is 0 Å². The quantitative estimate of drug-likeness (QED) is 0.764. The zero-order valence-electron chi connectivity index (χ0n) is 8.36. The molecule has 1 saturated heterocycles. The molecule has 1 aliphatic heterocycles. The lowest BCUT2D eigenvalue weighted by Gasteiger charge is -2.10. The van der Waals surface area contributed by atoms with Gasteiger partial charge in [0.15, 0.2) is 0 Å². The maximum Gasteiger partial charge on any atom is 0.125 e. The second-order valence-corrected chi connectivity index (χ2v) is 3.54. The molecule has 1 aliphatic rings. The Morgan fingerprint density at radius 2 is 2.43 bits per heavy atom. The molecule has 0 radical (unpaired) electrons. The molecule has 4 heteroatoms. The van der Waals surface area contributed by atoms with Crippen LogP contribution < -0.4 is 5.73 Å². The summed E-state index contributed by atoms with van der Waals surface area (Å²) in [6, 6.07) is 1.95. The molecule has 14 heavy (non-hydrogen) atoms. The Kier molecular flexibility index (Phi) is 2.74. The average Bonchev–Trinajstić information content (AvgIpc) is 2.69. The number of nitrogens with two attached hydrogens (primary N) is 1. The van der Waals surface area contributed by atoms with E-state index in [9.17, 15) is 0 Å². The first-order valence-electron chi connectivity index (χ1n) is 4.95. The predicted octanol–water partition coefficient (Wildman–Crippen LogP) is 1.10. The maximum absolute atomic E-state index is 5.56. The highest BCUT2D eigenvalue weighted by atomic mass is 16.5. The SMILES string of the molecule is Cc1nc(CN)cc([C@@H]2CCCO2)n1. The van der Waals surface area contributed by atoms with Crippen LogP contribution in [0.4, 0.5) is 0 Å². The summed E-state index contributed by atoms with van der Waals surface area (Å²) in [7, 11) is 0. The molecule has 2 rings (SSSR count). The standard InChI is InChI=1S/C10H15N3O/c1-7-12-8(6-11)5-9(13-7)10-3-2-4-14-10/h5,10H,2-4,6,11H2,1H3/t10-/m0/s1. The summed E-state index contributed by atoms with van der Waals surface area (Å²) >= 11 is 0. The lowest BCUT2D eigenvalue weighted by Crippen LogP contribution is -2.07. The van der Waals surface area contributed by atoms with Crippen LogP contribution in [0.15, 0.2) is 6.07 Å². The van der Waals surface area contributed by atoms with Crippen LogP contribution >= 0.6 is 0 Å². The minimum Gasteiger partial charge on any atom is -0.372 e. The van der Waals surface area contributed by atoms with Gasteiger partial charge in [-0.15, -0.1) is 0 Å². The van der Waals surface area contributed by atoms with E-state index in [4.69, 9.17) is 10.5 Å². The van der Waals surface area contributed by atoms with Gasteiger partial charge in [0.25, 0.3) is 0 Å². The maximum atomic E-state index is 5.56. The number of aromatic nitrogens is 2. The van der Waals surface area contributed by atoms with Crippen molar-refractivity contribution in [3.05, 3.63) is 23.3 Å². The molecule has 4 nitrogen and oxygen atoms in total. The van der Waals surface area contributed by atoms with Gasteiger partial charge in [-0.05, 0) is 25.8 Å². The van der Waals surface area contributed by atoms with Crippen LogP contribution in [0.2, 0.25) is 0 Å². The van der Waals surface area contributed by atoms with Crippen LogP contribution in [0, 0.1) is 6.92 Å². The molecule has 2 N–H and O–H groups in total. The monoisotopic (exact) mass is 193 g/mol. The fourth-order valence-corrected chi connectivity index (χ4v) is 1.74. The molecule has 0 saturated carbocycles. The lowest BCUT2D eigenvalue weighted by atomic mass is 10.1. The third kappa shape index (κ3) is 1.91. The number of hydrogen-bond acceptors (Lipinski definition) is 4. The van der Waals surface area contributed by atoms with Crippen LogP contribution in [0.5, 0.6) is 0 Å². The molecule has 1 fully saturated rings. The predicted molar refractivity (Wildman–Crippen MR) is 52.6 cm³/mol. The number of nitrogens with zero attached hydrogens (tertiary/aromatic N) is 2. The van der Waals surface area contributed by atoms with E-state index in [1.165, 1.54) is 0 Å². The molecule has 1 atom stereocenters. The molecular weight excluding hydrogens is 178 g/mol. The summed E-state index contributed by atoms with van der Waals surface area (Å²) in [6.45, 7) is 3.19. The van der Waals surface area contributed by atoms with Gasteiger partial charge in [-0.2, -0.15) is 0 Å². The zero-order valence-corrected chi connectivity index (χ0v) is 8.36. The van der Waals surface area contributed by atoms with Gasteiger partial charge in [-0.1, -0.05) is 0 Å². The third-order valence-electron chi connectivity index (χ3n) is 2.38. The van der Waals surface area contributed by atoms with Gasteiger partial charge >= 0.3 is 0 Å². The molecule has 0 aromatic carbocycles. The highest BCUT2D eigenvalue weighted by Crippen LogP contribution is 2.27. The highest BCUT2D eigenvalue weighted by molar-refractivity contribution is 5.13. The third-order valence-corrected chi connectivity index (χ3v) is 2.38. The number of rotatable bonds is 2. The van der Waals surface area contributed by atoms with E-state index in [1.54, 1.807) is 0 Å². The molecule has 0 aliphatic carbocycles. The van der Waals surface area contributed by atoms with Crippen LogP contribution in [0.1, 0.15) is 36.2 Å². The minimum absolute atomic E-state index is 0.155. The fraction of sp³-hybridized carbons (Fsp3) is 0.600. The first-order valence-corrected chi connectivity index (χ1v) is 4.95. The number of hydrogen-bond donors (Lipinski definition) is 1. The second kappa shape index (κ2) is 4.02. The molecule has 1 aromatic heterocycles. The van der Waals surface area contributed by atoms with E-state index >= 15 is 0 Å².